The second-order valence-corrected chi connectivity index (χ2v) is 4.36. The van der Waals surface area contributed by atoms with Gasteiger partial charge in [-0.2, -0.15) is 4.57 Å². The number of hydrogen-bond donors (Lipinski definition) is 0. The maximum Gasteiger partial charge on any atom is 0.212 e. The molecule has 2 aromatic rings. The summed E-state index contributed by atoms with van der Waals surface area (Å²) in [6, 6.07) is 12.9. The Hall–Kier alpha value is -1.63. The van der Waals surface area contributed by atoms with Crippen molar-refractivity contribution >= 4 is 0 Å². The molecule has 0 radical (unpaired) electrons. The van der Waals surface area contributed by atoms with E-state index in [4.69, 9.17) is 0 Å². The lowest BCUT2D eigenvalue weighted by molar-refractivity contribution is -0.666. The van der Waals surface area contributed by atoms with E-state index in [9.17, 15) is 0 Å². The van der Waals surface area contributed by atoms with E-state index in [0.29, 0.717) is 0 Å². The quantitative estimate of drug-likeness (QED) is 0.639. The topological polar surface area (TPSA) is 3.88 Å². The van der Waals surface area contributed by atoms with Gasteiger partial charge in [-0.25, -0.2) is 0 Å². The Kier molecular flexibility index (Phi) is 2.78. The Morgan fingerprint density at radius 2 is 1.56 bits per heavy atom. The van der Waals surface area contributed by atoms with Crippen molar-refractivity contribution in [2.75, 3.05) is 0 Å². The minimum Gasteiger partial charge on any atom is -0.199 e. The van der Waals surface area contributed by atoms with Crippen LogP contribution < -0.4 is 4.57 Å². The Morgan fingerprint density at radius 1 is 0.875 bits per heavy atom. The van der Waals surface area contributed by atoms with Crippen LogP contribution in [-0.2, 0) is 7.05 Å². The molecule has 1 nitrogen and oxygen atoms in total. The van der Waals surface area contributed by atoms with Crippen LogP contribution in [0.25, 0.3) is 11.3 Å². The van der Waals surface area contributed by atoms with Crippen molar-refractivity contribution in [2.45, 2.75) is 20.8 Å². The van der Waals surface area contributed by atoms with Crippen molar-refractivity contribution in [1.29, 1.82) is 0 Å². The van der Waals surface area contributed by atoms with Crippen molar-refractivity contribution in [3.05, 3.63) is 53.2 Å². The summed E-state index contributed by atoms with van der Waals surface area (Å²) in [4.78, 5) is 0. The normalized spacial score (nSPS) is 10.5. The highest BCUT2D eigenvalue weighted by atomic mass is 14.9. The summed E-state index contributed by atoms with van der Waals surface area (Å²) >= 11 is 0. The van der Waals surface area contributed by atoms with Gasteiger partial charge in [0.25, 0.3) is 0 Å². The lowest BCUT2D eigenvalue weighted by Gasteiger charge is -2.07. The van der Waals surface area contributed by atoms with Gasteiger partial charge in [-0.1, -0.05) is 12.1 Å². The summed E-state index contributed by atoms with van der Waals surface area (Å²) in [5.74, 6) is 0. The molecule has 0 aliphatic rings. The smallest absolute Gasteiger partial charge is 0.199 e. The monoisotopic (exact) mass is 212 g/mol. The second kappa shape index (κ2) is 4.09. The lowest BCUT2D eigenvalue weighted by atomic mass is 10.00. The predicted octanol–water partition coefficient (Wildman–Crippen LogP) is 3.10. The molecule has 1 aromatic carbocycles. The number of hydrogen-bond acceptors (Lipinski definition) is 0. The average molecular weight is 212 g/mol. The molecular formula is C15H18N+. The van der Waals surface area contributed by atoms with Crippen LogP contribution in [0.1, 0.15) is 16.8 Å². The van der Waals surface area contributed by atoms with Crippen LogP contribution in [0.4, 0.5) is 0 Å². The Bertz CT molecular complexity index is 477. The number of aryl methyl sites for hydroxylation is 2. The lowest BCUT2D eigenvalue weighted by Crippen LogP contribution is -2.34. The third-order valence-corrected chi connectivity index (χ3v) is 3.36. The van der Waals surface area contributed by atoms with Crippen LogP contribution in [0.2, 0.25) is 0 Å². The Morgan fingerprint density at radius 3 is 2.31 bits per heavy atom. The van der Waals surface area contributed by atoms with Gasteiger partial charge in [0, 0.05) is 24.6 Å². The van der Waals surface area contributed by atoms with E-state index in [-0.39, 0.29) is 0 Å². The molecule has 0 unspecified atom stereocenters. The number of nitrogens with zero attached hydrogens (tertiary/aromatic N) is 1. The molecule has 0 saturated carbocycles. The fourth-order valence-corrected chi connectivity index (χ4v) is 1.99. The average Bonchev–Trinajstić information content (AvgIpc) is 2.27. The van der Waals surface area contributed by atoms with Gasteiger partial charge < -0.3 is 0 Å². The number of aromatic nitrogens is 1. The molecule has 0 amide bonds. The first-order valence-electron chi connectivity index (χ1n) is 5.63. The first-order chi connectivity index (χ1) is 7.61. The Balaban J connectivity index is 2.68. The predicted molar refractivity (Wildman–Crippen MR) is 67.3 cm³/mol. The van der Waals surface area contributed by atoms with Crippen LogP contribution in [0, 0.1) is 20.8 Å². The van der Waals surface area contributed by atoms with Crippen LogP contribution in [0.3, 0.4) is 0 Å². The third kappa shape index (κ3) is 1.73. The van der Waals surface area contributed by atoms with Gasteiger partial charge in [-0.05, 0) is 37.1 Å². The molecule has 16 heavy (non-hydrogen) atoms. The van der Waals surface area contributed by atoms with Crippen LogP contribution in [0.15, 0.2) is 36.4 Å². The molecule has 0 atom stereocenters. The molecule has 0 aliphatic carbocycles. The number of benzene rings is 1. The highest BCUT2D eigenvalue weighted by Crippen LogP contribution is 2.22. The van der Waals surface area contributed by atoms with Gasteiger partial charge in [0.2, 0.25) is 5.69 Å². The molecule has 0 saturated heterocycles. The summed E-state index contributed by atoms with van der Waals surface area (Å²) in [5.41, 5.74) is 6.59. The molecule has 0 spiro atoms. The number of rotatable bonds is 1. The van der Waals surface area contributed by atoms with E-state index < -0.39 is 0 Å². The van der Waals surface area contributed by atoms with Gasteiger partial charge in [0.05, 0.1) is 0 Å². The van der Waals surface area contributed by atoms with Crippen LogP contribution in [0.5, 0.6) is 0 Å². The maximum absolute atomic E-state index is 2.24. The van der Waals surface area contributed by atoms with Crippen LogP contribution in [-0.4, -0.2) is 0 Å². The van der Waals surface area contributed by atoms with E-state index in [2.05, 4.69) is 68.8 Å². The zero-order valence-corrected chi connectivity index (χ0v) is 10.4. The minimum atomic E-state index is 1.28. The number of pyridine rings is 1. The van der Waals surface area contributed by atoms with Crippen molar-refractivity contribution in [3.63, 3.8) is 0 Å². The highest BCUT2D eigenvalue weighted by molar-refractivity contribution is 5.62. The molecule has 0 N–H and O–H groups in total. The molecule has 0 fully saturated rings. The SMILES string of the molecule is Cc1cccc(-c2cccc(C)[n+]2C)c1C. The van der Waals surface area contributed by atoms with Gasteiger partial charge in [-0.3, -0.25) is 0 Å². The molecule has 2 rings (SSSR count). The van der Waals surface area contributed by atoms with E-state index in [0.717, 1.165) is 0 Å². The van der Waals surface area contributed by atoms with E-state index in [1.807, 2.05) is 0 Å². The van der Waals surface area contributed by atoms with Gasteiger partial charge in [-0.15, -0.1) is 0 Å². The van der Waals surface area contributed by atoms with Crippen LogP contribution >= 0.6 is 0 Å². The van der Waals surface area contributed by atoms with Gasteiger partial charge in [0.1, 0.15) is 7.05 Å². The molecule has 0 aliphatic heterocycles. The zero-order valence-electron chi connectivity index (χ0n) is 10.4. The largest absolute Gasteiger partial charge is 0.212 e. The molecule has 1 aromatic heterocycles. The maximum atomic E-state index is 2.24. The molecular weight excluding hydrogens is 194 g/mol. The van der Waals surface area contributed by atoms with Crippen molar-refractivity contribution in [1.82, 2.24) is 0 Å². The molecule has 82 valence electrons. The molecule has 1 heterocycles. The molecule has 1 heteroatoms. The summed E-state index contributed by atoms with van der Waals surface area (Å²) < 4.78 is 2.24. The summed E-state index contributed by atoms with van der Waals surface area (Å²) in [5, 5.41) is 0. The summed E-state index contributed by atoms with van der Waals surface area (Å²) in [7, 11) is 2.12. The van der Waals surface area contributed by atoms with E-state index >= 15 is 0 Å². The highest BCUT2D eigenvalue weighted by Gasteiger charge is 2.13. The fraction of sp³-hybridized carbons (Fsp3) is 0.267. The Labute approximate surface area is 97.4 Å². The summed E-state index contributed by atoms with van der Waals surface area (Å²) in [6.45, 7) is 6.48. The van der Waals surface area contributed by atoms with E-state index in [1.54, 1.807) is 0 Å². The van der Waals surface area contributed by atoms with Crippen molar-refractivity contribution in [3.8, 4) is 11.3 Å². The first kappa shape index (κ1) is 10.9. The van der Waals surface area contributed by atoms with E-state index in [1.165, 1.54) is 28.1 Å². The first-order valence-corrected chi connectivity index (χ1v) is 5.63. The zero-order chi connectivity index (χ0) is 11.7. The van der Waals surface area contributed by atoms with Gasteiger partial charge in [0.15, 0.2) is 5.69 Å². The van der Waals surface area contributed by atoms with Gasteiger partial charge >= 0.3 is 0 Å². The third-order valence-electron chi connectivity index (χ3n) is 3.36. The minimum absolute atomic E-state index is 1.28. The standard InChI is InChI=1S/C15H18N/c1-11-7-5-9-14(13(11)3)15-10-6-8-12(2)16(15)4/h5-10H,1-4H3/q+1. The van der Waals surface area contributed by atoms with Crippen molar-refractivity contribution < 1.29 is 4.57 Å². The van der Waals surface area contributed by atoms with Crippen molar-refractivity contribution in [2.24, 2.45) is 7.05 Å². The molecule has 0 bridgehead atoms. The summed E-state index contributed by atoms with van der Waals surface area (Å²) in [6.07, 6.45) is 0. The fourth-order valence-electron chi connectivity index (χ4n) is 1.99. The second-order valence-electron chi connectivity index (χ2n) is 4.36.